The average molecular weight is 228 g/mol. The molecule has 1 rings (SSSR count). The quantitative estimate of drug-likeness (QED) is 0.661. The molecule has 88 valence electrons. The normalized spacial score (nSPS) is 13.9. The Morgan fingerprint density at radius 2 is 1.62 bits per heavy atom. The fourth-order valence-electron chi connectivity index (χ4n) is 1.69. The van der Waals surface area contributed by atoms with Gasteiger partial charge < -0.3 is 0 Å². The fourth-order valence-corrected chi connectivity index (χ4v) is 1.69. The summed E-state index contributed by atoms with van der Waals surface area (Å²) in [5.41, 5.74) is 0.265. The van der Waals surface area contributed by atoms with Gasteiger partial charge in [-0.15, -0.1) is 6.58 Å². The molecule has 0 radical (unpaired) electrons. The van der Waals surface area contributed by atoms with Gasteiger partial charge in [0.05, 0.1) is 5.56 Å². The lowest BCUT2D eigenvalue weighted by atomic mass is 9.88. The van der Waals surface area contributed by atoms with Gasteiger partial charge in [0, 0.05) is 5.92 Å². The van der Waals surface area contributed by atoms with Crippen molar-refractivity contribution in [1.29, 1.82) is 0 Å². The lowest BCUT2D eigenvalue weighted by Gasteiger charge is -2.17. The minimum atomic E-state index is -4.26. The Labute approximate surface area is 93.8 Å². The van der Waals surface area contributed by atoms with Crippen LogP contribution >= 0.6 is 0 Å². The van der Waals surface area contributed by atoms with Crippen LogP contribution in [0.2, 0.25) is 0 Å². The molecule has 0 aliphatic heterocycles. The van der Waals surface area contributed by atoms with Gasteiger partial charge in [0.2, 0.25) is 0 Å². The summed E-state index contributed by atoms with van der Waals surface area (Å²) in [4.78, 5) is 0. The van der Waals surface area contributed by atoms with E-state index < -0.39 is 11.7 Å². The minimum Gasteiger partial charge on any atom is -0.166 e. The molecule has 1 aromatic rings. The number of benzene rings is 1. The second kappa shape index (κ2) is 4.73. The van der Waals surface area contributed by atoms with E-state index in [0.29, 0.717) is 5.92 Å². The summed E-state index contributed by atoms with van der Waals surface area (Å²) in [7, 11) is 0. The summed E-state index contributed by atoms with van der Waals surface area (Å²) in [5, 5.41) is 0. The smallest absolute Gasteiger partial charge is 0.166 e. The van der Waals surface area contributed by atoms with Gasteiger partial charge in [0.1, 0.15) is 0 Å². The fraction of sp³-hybridized carbons (Fsp3) is 0.385. The van der Waals surface area contributed by atoms with Crippen molar-refractivity contribution in [1.82, 2.24) is 0 Å². The molecule has 0 unspecified atom stereocenters. The van der Waals surface area contributed by atoms with E-state index in [4.69, 9.17) is 0 Å². The highest BCUT2D eigenvalue weighted by molar-refractivity contribution is 5.29. The number of hydrogen-bond acceptors (Lipinski definition) is 0. The second-order valence-corrected chi connectivity index (χ2v) is 4.13. The van der Waals surface area contributed by atoms with Crippen LogP contribution in [0.25, 0.3) is 0 Å². The number of alkyl halides is 3. The van der Waals surface area contributed by atoms with Crippen molar-refractivity contribution in [2.45, 2.75) is 25.9 Å². The summed E-state index contributed by atoms with van der Waals surface area (Å²) >= 11 is 0. The van der Waals surface area contributed by atoms with Crippen LogP contribution in [0, 0.1) is 5.92 Å². The third-order valence-electron chi connectivity index (χ3n) is 2.60. The van der Waals surface area contributed by atoms with Crippen LogP contribution in [0.1, 0.15) is 30.9 Å². The van der Waals surface area contributed by atoms with Crippen molar-refractivity contribution in [3.63, 3.8) is 0 Å². The van der Waals surface area contributed by atoms with E-state index in [2.05, 4.69) is 6.58 Å². The Kier molecular flexibility index (Phi) is 3.79. The molecule has 0 aliphatic rings. The lowest BCUT2D eigenvalue weighted by Crippen LogP contribution is -2.07. The zero-order valence-corrected chi connectivity index (χ0v) is 9.38. The Hall–Kier alpha value is -1.25. The van der Waals surface area contributed by atoms with Crippen LogP contribution in [0.3, 0.4) is 0 Å². The number of halogens is 3. The first-order chi connectivity index (χ1) is 7.36. The van der Waals surface area contributed by atoms with Gasteiger partial charge in [0.25, 0.3) is 0 Å². The van der Waals surface area contributed by atoms with E-state index >= 15 is 0 Å². The van der Waals surface area contributed by atoms with Gasteiger partial charge in [-0.1, -0.05) is 32.1 Å². The van der Waals surface area contributed by atoms with E-state index in [1.807, 2.05) is 13.8 Å². The molecule has 0 amide bonds. The van der Waals surface area contributed by atoms with Gasteiger partial charge in [0.15, 0.2) is 0 Å². The van der Waals surface area contributed by atoms with Crippen molar-refractivity contribution in [3.8, 4) is 0 Å². The topological polar surface area (TPSA) is 0 Å². The Bertz CT molecular complexity index is 346. The van der Waals surface area contributed by atoms with E-state index in [1.165, 1.54) is 12.1 Å². The molecular weight excluding hydrogens is 213 g/mol. The van der Waals surface area contributed by atoms with Crippen molar-refractivity contribution >= 4 is 0 Å². The van der Waals surface area contributed by atoms with Crippen molar-refractivity contribution < 1.29 is 13.2 Å². The van der Waals surface area contributed by atoms with Gasteiger partial charge >= 0.3 is 6.18 Å². The zero-order valence-electron chi connectivity index (χ0n) is 9.38. The maximum atomic E-state index is 12.3. The van der Waals surface area contributed by atoms with Gasteiger partial charge in [-0.05, 0) is 23.6 Å². The molecule has 1 aromatic carbocycles. The predicted molar refractivity (Wildman–Crippen MR) is 59.2 cm³/mol. The first-order valence-corrected chi connectivity index (χ1v) is 5.16. The van der Waals surface area contributed by atoms with Crippen molar-refractivity contribution in [2.75, 3.05) is 0 Å². The molecule has 0 aliphatic carbocycles. The molecule has 0 nitrogen and oxygen atoms in total. The highest BCUT2D eigenvalue weighted by Crippen LogP contribution is 2.31. The monoisotopic (exact) mass is 228 g/mol. The third-order valence-corrected chi connectivity index (χ3v) is 2.60. The summed E-state index contributed by atoms with van der Waals surface area (Å²) in [6.07, 6.45) is -2.49. The molecule has 0 saturated heterocycles. The summed E-state index contributed by atoms with van der Waals surface area (Å²) in [6.45, 7) is 7.74. The van der Waals surface area contributed by atoms with Crippen LogP contribution in [-0.2, 0) is 6.18 Å². The molecule has 3 heteroatoms. The van der Waals surface area contributed by atoms with Gasteiger partial charge in [-0.3, -0.25) is 0 Å². The summed E-state index contributed by atoms with van der Waals surface area (Å²) < 4.78 is 37.0. The number of hydrogen-bond donors (Lipinski definition) is 0. The Balaban J connectivity index is 2.98. The van der Waals surface area contributed by atoms with Crippen LogP contribution in [0.5, 0.6) is 0 Å². The van der Waals surface area contributed by atoms with Gasteiger partial charge in [-0.25, -0.2) is 0 Å². The first kappa shape index (κ1) is 12.8. The predicted octanol–water partition coefficient (Wildman–Crippen LogP) is 4.63. The second-order valence-electron chi connectivity index (χ2n) is 4.13. The molecule has 0 saturated carbocycles. The molecule has 0 spiro atoms. The standard InChI is InChI=1S/C13H15F3/c1-4-12(9(2)3)10-5-7-11(8-6-10)13(14,15)16/h4-9,12H,1H2,2-3H3/t12-/m1/s1. The molecule has 0 aromatic heterocycles. The number of rotatable bonds is 3. The molecule has 0 fully saturated rings. The Morgan fingerprint density at radius 1 is 1.12 bits per heavy atom. The van der Waals surface area contributed by atoms with E-state index in [-0.39, 0.29) is 5.92 Å². The minimum absolute atomic E-state index is 0.0993. The lowest BCUT2D eigenvalue weighted by molar-refractivity contribution is -0.137. The molecule has 16 heavy (non-hydrogen) atoms. The zero-order chi connectivity index (χ0) is 12.3. The third kappa shape index (κ3) is 2.87. The maximum Gasteiger partial charge on any atom is 0.416 e. The SMILES string of the molecule is C=C[C@@H](c1ccc(C(F)(F)F)cc1)C(C)C. The van der Waals surface area contributed by atoms with Crippen LogP contribution in [0.4, 0.5) is 13.2 Å². The maximum absolute atomic E-state index is 12.3. The van der Waals surface area contributed by atoms with Crippen molar-refractivity contribution in [3.05, 3.63) is 48.0 Å². The largest absolute Gasteiger partial charge is 0.416 e. The van der Waals surface area contributed by atoms with Crippen LogP contribution in [-0.4, -0.2) is 0 Å². The van der Waals surface area contributed by atoms with Crippen LogP contribution in [0.15, 0.2) is 36.9 Å². The highest BCUT2D eigenvalue weighted by atomic mass is 19.4. The van der Waals surface area contributed by atoms with E-state index in [1.54, 1.807) is 6.08 Å². The number of allylic oxidation sites excluding steroid dienone is 1. The average Bonchev–Trinajstić information content (AvgIpc) is 2.17. The van der Waals surface area contributed by atoms with E-state index in [9.17, 15) is 13.2 Å². The first-order valence-electron chi connectivity index (χ1n) is 5.16. The molecule has 0 heterocycles. The van der Waals surface area contributed by atoms with Crippen molar-refractivity contribution in [2.24, 2.45) is 5.92 Å². The Morgan fingerprint density at radius 3 is 1.94 bits per heavy atom. The van der Waals surface area contributed by atoms with Gasteiger partial charge in [-0.2, -0.15) is 13.2 Å². The molecule has 0 N–H and O–H groups in total. The molecule has 1 atom stereocenters. The summed E-state index contributed by atoms with van der Waals surface area (Å²) in [5.74, 6) is 0.427. The highest BCUT2D eigenvalue weighted by Gasteiger charge is 2.30. The molecule has 0 bridgehead atoms. The van der Waals surface area contributed by atoms with Crippen LogP contribution < -0.4 is 0 Å². The van der Waals surface area contributed by atoms with E-state index in [0.717, 1.165) is 17.7 Å². The summed E-state index contributed by atoms with van der Waals surface area (Å²) in [6, 6.07) is 5.28. The molecular formula is C13H15F3.